The van der Waals surface area contributed by atoms with E-state index in [1.54, 1.807) is 7.11 Å². The van der Waals surface area contributed by atoms with Crippen LogP contribution in [-0.2, 0) is 0 Å². The number of hydrogen-bond donors (Lipinski definition) is 1. The molecule has 0 bridgehead atoms. The fourth-order valence-electron chi connectivity index (χ4n) is 3.41. The largest absolute Gasteiger partial charge is 0.496 e. The average Bonchev–Trinajstić information content (AvgIpc) is 2.92. The number of rotatable bonds is 5. The van der Waals surface area contributed by atoms with Gasteiger partial charge in [-0.3, -0.25) is 0 Å². The van der Waals surface area contributed by atoms with Crippen molar-refractivity contribution in [1.82, 2.24) is 5.32 Å². The number of benzene rings is 1. The fraction of sp³-hybridized carbons (Fsp3) is 0.647. The minimum Gasteiger partial charge on any atom is -0.496 e. The summed E-state index contributed by atoms with van der Waals surface area (Å²) in [5.74, 6) is 1.80. The fourth-order valence-corrected chi connectivity index (χ4v) is 3.41. The lowest BCUT2D eigenvalue weighted by atomic mass is 9.88. The molecule has 0 amide bonds. The second-order valence-corrected chi connectivity index (χ2v) is 5.76. The van der Waals surface area contributed by atoms with Crippen LogP contribution in [0.15, 0.2) is 12.1 Å². The summed E-state index contributed by atoms with van der Waals surface area (Å²) in [6.07, 6.45) is 5.51. The maximum absolute atomic E-state index is 5.43. The summed E-state index contributed by atoms with van der Waals surface area (Å²) in [5.41, 5.74) is 4.05. The molecule has 1 aliphatic carbocycles. The predicted molar refractivity (Wildman–Crippen MR) is 80.8 cm³/mol. The smallest absolute Gasteiger partial charge is 0.122 e. The van der Waals surface area contributed by atoms with E-state index in [4.69, 9.17) is 4.74 Å². The van der Waals surface area contributed by atoms with Gasteiger partial charge in [0.1, 0.15) is 5.75 Å². The summed E-state index contributed by atoms with van der Waals surface area (Å²) in [6, 6.07) is 5.01. The Hall–Kier alpha value is -1.02. The first-order valence-electron chi connectivity index (χ1n) is 7.55. The molecule has 1 aliphatic rings. The van der Waals surface area contributed by atoms with Crippen molar-refractivity contribution in [3.63, 3.8) is 0 Å². The molecule has 2 rings (SSSR count). The standard InChI is InChI=1S/C17H27NO/c1-5-18-17(14-8-6-7-9-14)15-10-13(3)16(19-4)11-12(15)2/h10-11,14,17-18H,5-9H2,1-4H3. The van der Waals surface area contributed by atoms with Gasteiger partial charge in [0.25, 0.3) is 0 Å². The highest BCUT2D eigenvalue weighted by Crippen LogP contribution is 2.38. The molecule has 0 spiro atoms. The van der Waals surface area contributed by atoms with Crippen LogP contribution in [0.3, 0.4) is 0 Å². The number of methoxy groups -OCH3 is 1. The Morgan fingerprint density at radius 1 is 1.21 bits per heavy atom. The molecule has 1 fully saturated rings. The molecule has 1 N–H and O–H groups in total. The zero-order chi connectivity index (χ0) is 13.8. The van der Waals surface area contributed by atoms with Gasteiger partial charge in [0.15, 0.2) is 0 Å². The van der Waals surface area contributed by atoms with Crippen LogP contribution in [-0.4, -0.2) is 13.7 Å². The van der Waals surface area contributed by atoms with Gasteiger partial charge in [-0.2, -0.15) is 0 Å². The van der Waals surface area contributed by atoms with E-state index in [0.29, 0.717) is 6.04 Å². The molecule has 1 atom stereocenters. The minimum atomic E-state index is 0.511. The van der Waals surface area contributed by atoms with Gasteiger partial charge in [0.05, 0.1) is 7.11 Å². The third-order valence-electron chi connectivity index (χ3n) is 4.41. The Morgan fingerprint density at radius 3 is 2.47 bits per heavy atom. The van der Waals surface area contributed by atoms with Crippen LogP contribution in [0.2, 0.25) is 0 Å². The minimum absolute atomic E-state index is 0.511. The Balaban J connectivity index is 2.32. The summed E-state index contributed by atoms with van der Waals surface area (Å²) >= 11 is 0. The summed E-state index contributed by atoms with van der Waals surface area (Å²) in [6.45, 7) is 7.58. The van der Waals surface area contributed by atoms with E-state index in [2.05, 4.69) is 38.2 Å². The van der Waals surface area contributed by atoms with Gasteiger partial charge in [-0.1, -0.05) is 25.8 Å². The maximum atomic E-state index is 5.43. The molecular weight excluding hydrogens is 234 g/mol. The molecule has 1 unspecified atom stereocenters. The van der Waals surface area contributed by atoms with Gasteiger partial charge in [-0.25, -0.2) is 0 Å². The van der Waals surface area contributed by atoms with Crippen LogP contribution in [0.5, 0.6) is 5.75 Å². The normalized spacial score (nSPS) is 17.7. The van der Waals surface area contributed by atoms with E-state index in [0.717, 1.165) is 18.2 Å². The molecule has 2 heteroatoms. The molecule has 1 saturated carbocycles. The van der Waals surface area contributed by atoms with Gasteiger partial charge in [-0.15, -0.1) is 0 Å². The van der Waals surface area contributed by atoms with Gasteiger partial charge < -0.3 is 10.1 Å². The second-order valence-electron chi connectivity index (χ2n) is 5.76. The number of ether oxygens (including phenoxy) is 1. The van der Waals surface area contributed by atoms with E-state index >= 15 is 0 Å². The zero-order valence-corrected chi connectivity index (χ0v) is 12.8. The van der Waals surface area contributed by atoms with Crippen LogP contribution in [0.4, 0.5) is 0 Å². The first kappa shape index (κ1) is 14.4. The predicted octanol–water partition coefficient (Wildman–Crippen LogP) is 4.15. The van der Waals surface area contributed by atoms with Crippen LogP contribution < -0.4 is 10.1 Å². The van der Waals surface area contributed by atoms with Crippen LogP contribution in [0.1, 0.15) is 55.3 Å². The van der Waals surface area contributed by atoms with Gasteiger partial charge in [0.2, 0.25) is 0 Å². The van der Waals surface area contributed by atoms with Crippen molar-refractivity contribution in [2.24, 2.45) is 5.92 Å². The highest BCUT2D eigenvalue weighted by molar-refractivity contribution is 5.43. The SMILES string of the molecule is CCNC(c1cc(C)c(OC)cc1C)C1CCCC1. The van der Waals surface area contributed by atoms with Gasteiger partial charge in [0, 0.05) is 6.04 Å². The highest BCUT2D eigenvalue weighted by atomic mass is 16.5. The summed E-state index contributed by atoms with van der Waals surface area (Å²) < 4.78 is 5.43. The molecular formula is C17H27NO. The lowest BCUT2D eigenvalue weighted by Crippen LogP contribution is -2.27. The molecule has 2 nitrogen and oxygen atoms in total. The van der Waals surface area contributed by atoms with E-state index in [-0.39, 0.29) is 0 Å². The van der Waals surface area contributed by atoms with Crippen molar-refractivity contribution in [3.05, 3.63) is 28.8 Å². The van der Waals surface area contributed by atoms with Crippen LogP contribution in [0.25, 0.3) is 0 Å². The van der Waals surface area contributed by atoms with Crippen molar-refractivity contribution >= 4 is 0 Å². The van der Waals surface area contributed by atoms with Crippen molar-refractivity contribution in [3.8, 4) is 5.75 Å². The second kappa shape index (κ2) is 6.42. The highest BCUT2D eigenvalue weighted by Gasteiger charge is 2.27. The third-order valence-corrected chi connectivity index (χ3v) is 4.41. The van der Waals surface area contributed by atoms with E-state index in [1.807, 2.05) is 0 Å². The summed E-state index contributed by atoms with van der Waals surface area (Å²) in [7, 11) is 1.75. The van der Waals surface area contributed by atoms with Crippen molar-refractivity contribution in [1.29, 1.82) is 0 Å². The van der Waals surface area contributed by atoms with Crippen LogP contribution >= 0.6 is 0 Å². The molecule has 0 heterocycles. The van der Waals surface area contributed by atoms with Crippen LogP contribution in [0, 0.1) is 19.8 Å². The monoisotopic (exact) mass is 261 g/mol. The topological polar surface area (TPSA) is 21.3 Å². The van der Waals surface area contributed by atoms with Gasteiger partial charge in [-0.05, 0) is 61.9 Å². The van der Waals surface area contributed by atoms with Crippen molar-refractivity contribution < 1.29 is 4.74 Å². The molecule has 1 aromatic rings. The number of hydrogen-bond acceptors (Lipinski definition) is 2. The van der Waals surface area contributed by atoms with E-state index in [1.165, 1.54) is 42.4 Å². The molecule has 0 saturated heterocycles. The van der Waals surface area contributed by atoms with E-state index < -0.39 is 0 Å². The molecule has 0 radical (unpaired) electrons. The average molecular weight is 261 g/mol. The Labute approximate surface area is 117 Å². The molecule has 0 aliphatic heterocycles. The Kier molecular flexibility index (Phi) is 4.87. The Bertz CT molecular complexity index is 422. The third kappa shape index (κ3) is 3.11. The number of nitrogens with one attached hydrogen (secondary N) is 1. The lowest BCUT2D eigenvalue weighted by Gasteiger charge is -2.27. The zero-order valence-electron chi connectivity index (χ0n) is 12.8. The molecule has 106 valence electrons. The maximum Gasteiger partial charge on any atom is 0.122 e. The van der Waals surface area contributed by atoms with E-state index in [9.17, 15) is 0 Å². The first-order valence-corrected chi connectivity index (χ1v) is 7.55. The quantitative estimate of drug-likeness (QED) is 0.859. The molecule has 0 aromatic heterocycles. The van der Waals surface area contributed by atoms with Crippen molar-refractivity contribution in [2.45, 2.75) is 52.5 Å². The van der Waals surface area contributed by atoms with Crippen molar-refractivity contribution in [2.75, 3.05) is 13.7 Å². The number of aryl methyl sites for hydroxylation is 2. The molecule has 1 aromatic carbocycles. The Morgan fingerprint density at radius 2 is 1.89 bits per heavy atom. The lowest BCUT2D eigenvalue weighted by molar-refractivity contribution is 0.371. The summed E-state index contributed by atoms with van der Waals surface area (Å²) in [5, 5.41) is 3.71. The first-order chi connectivity index (χ1) is 9.17. The summed E-state index contributed by atoms with van der Waals surface area (Å²) in [4.78, 5) is 0. The molecule has 19 heavy (non-hydrogen) atoms. The van der Waals surface area contributed by atoms with Gasteiger partial charge >= 0.3 is 0 Å².